The number of amides is 1. The van der Waals surface area contributed by atoms with Gasteiger partial charge >= 0.3 is 6.36 Å². The Morgan fingerprint density at radius 3 is 2.45 bits per heavy atom. The fourth-order valence-electron chi connectivity index (χ4n) is 2.91. The molecule has 33 heavy (non-hydrogen) atoms. The molecule has 2 aromatic carbocycles. The van der Waals surface area contributed by atoms with Gasteiger partial charge in [-0.3, -0.25) is 9.48 Å². The van der Waals surface area contributed by atoms with E-state index in [4.69, 9.17) is 0 Å². The van der Waals surface area contributed by atoms with Crippen molar-refractivity contribution in [3.8, 4) is 5.75 Å². The highest BCUT2D eigenvalue weighted by atomic mass is 32.2. The lowest BCUT2D eigenvalue weighted by Gasteiger charge is -2.10. The van der Waals surface area contributed by atoms with E-state index in [2.05, 4.69) is 19.9 Å². The van der Waals surface area contributed by atoms with Gasteiger partial charge in [0.25, 0.3) is 0 Å². The summed E-state index contributed by atoms with van der Waals surface area (Å²) in [6.45, 7) is 0.702. The number of carbonyl (C=O) groups excluding carboxylic acids is 1. The van der Waals surface area contributed by atoms with Crippen molar-refractivity contribution in [3.05, 3.63) is 78.1 Å². The highest BCUT2D eigenvalue weighted by molar-refractivity contribution is 7.89. The highest BCUT2D eigenvalue weighted by Gasteiger charge is 2.31. The number of hydrogen-bond acceptors (Lipinski definition) is 5. The molecule has 0 radical (unpaired) electrons. The molecule has 0 fully saturated rings. The van der Waals surface area contributed by atoms with E-state index in [1.165, 1.54) is 0 Å². The standard InChI is InChI=1S/C21H21F3N4O4S/c22-21(23,24)32-18-5-7-19(8-6-18)33(30,31)27-11-9-20(29)25-14-16-3-1-4-17(13-16)15-28-12-2-10-26-28/h1-8,10,12-13,27H,9,11,14-15H2,(H,25,29). The SMILES string of the molecule is O=C(CCNS(=O)(=O)c1ccc(OC(F)(F)F)cc1)NCc1cccc(Cn2cccn2)c1. The monoisotopic (exact) mass is 482 g/mol. The molecule has 0 atom stereocenters. The lowest BCUT2D eigenvalue weighted by molar-refractivity contribution is -0.274. The van der Waals surface area contributed by atoms with Gasteiger partial charge in [0, 0.05) is 31.9 Å². The van der Waals surface area contributed by atoms with Crippen molar-refractivity contribution in [2.24, 2.45) is 0 Å². The van der Waals surface area contributed by atoms with Crippen LogP contribution in [-0.4, -0.2) is 37.0 Å². The number of hydrogen-bond donors (Lipinski definition) is 2. The average Bonchev–Trinajstić information content (AvgIpc) is 3.25. The summed E-state index contributed by atoms with van der Waals surface area (Å²) in [6.07, 6.45) is -1.44. The Bertz CT molecular complexity index is 1160. The average molecular weight is 482 g/mol. The third kappa shape index (κ3) is 7.91. The predicted octanol–water partition coefficient (Wildman–Crippen LogP) is 2.81. The first kappa shape index (κ1) is 24.3. The van der Waals surface area contributed by atoms with Crippen LogP contribution in [0.4, 0.5) is 13.2 Å². The van der Waals surface area contributed by atoms with Crippen LogP contribution >= 0.6 is 0 Å². The van der Waals surface area contributed by atoms with Crippen LogP contribution < -0.4 is 14.8 Å². The Kier molecular flexibility index (Phi) is 7.71. The Hall–Kier alpha value is -3.38. The van der Waals surface area contributed by atoms with Gasteiger partial charge in [0.2, 0.25) is 15.9 Å². The molecule has 0 spiro atoms. The van der Waals surface area contributed by atoms with Crippen LogP contribution in [0, 0.1) is 0 Å². The minimum Gasteiger partial charge on any atom is -0.406 e. The van der Waals surface area contributed by atoms with Gasteiger partial charge in [-0.05, 0) is 41.5 Å². The van der Waals surface area contributed by atoms with Crippen LogP contribution in [0.2, 0.25) is 0 Å². The summed E-state index contributed by atoms with van der Waals surface area (Å²) in [5.74, 6) is -0.890. The molecule has 3 aromatic rings. The molecule has 0 aliphatic carbocycles. The molecule has 1 heterocycles. The van der Waals surface area contributed by atoms with E-state index in [1.54, 1.807) is 10.9 Å². The Morgan fingerprint density at radius 1 is 1.06 bits per heavy atom. The van der Waals surface area contributed by atoms with E-state index in [-0.39, 0.29) is 30.3 Å². The van der Waals surface area contributed by atoms with Crippen molar-refractivity contribution in [2.45, 2.75) is 30.8 Å². The Labute approximate surface area is 188 Å². The molecule has 0 bridgehead atoms. The number of alkyl halides is 3. The van der Waals surface area contributed by atoms with Gasteiger partial charge in [-0.25, -0.2) is 13.1 Å². The summed E-state index contributed by atoms with van der Waals surface area (Å²) < 4.78 is 68.8. The largest absolute Gasteiger partial charge is 0.573 e. The summed E-state index contributed by atoms with van der Waals surface area (Å²) in [6, 6.07) is 13.2. The molecule has 0 aliphatic rings. The van der Waals surface area contributed by atoms with Crippen molar-refractivity contribution >= 4 is 15.9 Å². The van der Waals surface area contributed by atoms with Gasteiger partial charge in [0.05, 0.1) is 11.4 Å². The molecule has 0 saturated heterocycles. The van der Waals surface area contributed by atoms with E-state index in [0.29, 0.717) is 6.54 Å². The van der Waals surface area contributed by atoms with E-state index in [0.717, 1.165) is 35.4 Å². The first-order valence-electron chi connectivity index (χ1n) is 9.78. The van der Waals surface area contributed by atoms with Crippen molar-refractivity contribution in [1.82, 2.24) is 19.8 Å². The van der Waals surface area contributed by atoms with E-state index >= 15 is 0 Å². The summed E-state index contributed by atoms with van der Waals surface area (Å²) in [5, 5.41) is 6.87. The number of ether oxygens (including phenoxy) is 1. The molecule has 1 aromatic heterocycles. The van der Waals surface area contributed by atoms with Crippen molar-refractivity contribution in [1.29, 1.82) is 0 Å². The van der Waals surface area contributed by atoms with Gasteiger partial charge in [-0.15, -0.1) is 13.2 Å². The van der Waals surface area contributed by atoms with Crippen molar-refractivity contribution in [2.75, 3.05) is 6.54 Å². The molecular formula is C21H21F3N4O4S. The number of nitrogens with one attached hydrogen (secondary N) is 2. The molecule has 3 rings (SSSR count). The van der Waals surface area contributed by atoms with Gasteiger partial charge < -0.3 is 10.1 Å². The Morgan fingerprint density at radius 2 is 1.79 bits per heavy atom. The maximum atomic E-state index is 12.2. The maximum absolute atomic E-state index is 12.2. The second-order valence-corrected chi connectivity index (χ2v) is 8.73. The maximum Gasteiger partial charge on any atom is 0.573 e. The summed E-state index contributed by atoms with van der Waals surface area (Å²) in [4.78, 5) is 11.8. The lowest BCUT2D eigenvalue weighted by atomic mass is 10.1. The number of benzene rings is 2. The van der Waals surface area contributed by atoms with E-state index < -0.39 is 22.1 Å². The van der Waals surface area contributed by atoms with E-state index in [1.807, 2.05) is 36.5 Å². The van der Waals surface area contributed by atoms with Crippen LogP contribution in [0.15, 0.2) is 71.9 Å². The molecule has 176 valence electrons. The lowest BCUT2D eigenvalue weighted by Crippen LogP contribution is -2.30. The van der Waals surface area contributed by atoms with Crippen LogP contribution in [0.3, 0.4) is 0 Å². The van der Waals surface area contributed by atoms with Crippen molar-refractivity contribution in [3.63, 3.8) is 0 Å². The first-order valence-corrected chi connectivity index (χ1v) is 11.3. The fourth-order valence-corrected chi connectivity index (χ4v) is 3.94. The molecule has 0 aliphatic heterocycles. The quantitative estimate of drug-likeness (QED) is 0.463. The zero-order valence-electron chi connectivity index (χ0n) is 17.2. The second-order valence-electron chi connectivity index (χ2n) is 6.97. The first-order chi connectivity index (χ1) is 15.6. The molecule has 8 nitrogen and oxygen atoms in total. The fraction of sp³-hybridized carbons (Fsp3) is 0.238. The Balaban J connectivity index is 1.44. The normalized spacial score (nSPS) is 11.8. The number of carbonyl (C=O) groups is 1. The van der Waals surface area contributed by atoms with Crippen LogP contribution in [0.25, 0.3) is 0 Å². The summed E-state index contributed by atoms with van der Waals surface area (Å²) in [7, 11) is -3.99. The second kappa shape index (κ2) is 10.5. The molecular weight excluding hydrogens is 461 g/mol. The van der Waals surface area contributed by atoms with Crippen LogP contribution in [-0.2, 0) is 27.9 Å². The van der Waals surface area contributed by atoms with Crippen LogP contribution in [0.1, 0.15) is 17.5 Å². The summed E-state index contributed by atoms with van der Waals surface area (Å²) >= 11 is 0. The molecule has 2 N–H and O–H groups in total. The molecule has 0 unspecified atom stereocenters. The zero-order chi connectivity index (χ0) is 23.9. The van der Waals surface area contributed by atoms with Crippen molar-refractivity contribution < 1.29 is 31.1 Å². The molecule has 1 amide bonds. The molecule has 12 heteroatoms. The predicted molar refractivity (Wildman–Crippen MR) is 113 cm³/mol. The number of sulfonamides is 1. The van der Waals surface area contributed by atoms with Gasteiger partial charge in [0.1, 0.15) is 5.75 Å². The topological polar surface area (TPSA) is 102 Å². The van der Waals surface area contributed by atoms with E-state index in [9.17, 15) is 26.4 Å². The highest BCUT2D eigenvalue weighted by Crippen LogP contribution is 2.23. The summed E-state index contributed by atoms with van der Waals surface area (Å²) in [5.41, 5.74) is 1.90. The third-order valence-corrected chi connectivity index (χ3v) is 5.87. The minimum atomic E-state index is -4.87. The number of halogens is 3. The van der Waals surface area contributed by atoms with Crippen LogP contribution in [0.5, 0.6) is 5.75 Å². The number of nitrogens with zero attached hydrogens (tertiary/aromatic N) is 2. The van der Waals surface area contributed by atoms with Gasteiger partial charge in [0.15, 0.2) is 0 Å². The number of aromatic nitrogens is 2. The third-order valence-electron chi connectivity index (χ3n) is 4.40. The molecule has 0 saturated carbocycles. The van der Waals surface area contributed by atoms with Gasteiger partial charge in [-0.2, -0.15) is 5.10 Å². The van der Waals surface area contributed by atoms with Gasteiger partial charge in [-0.1, -0.05) is 24.3 Å². The smallest absolute Gasteiger partial charge is 0.406 e. The number of rotatable bonds is 10. The zero-order valence-corrected chi connectivity index (χ0v) is 18.1. The minimum absolute atomic E-state index is 0.110.